The van der Waals surface area contributed by atoms with Crippen LogP contribution in [-0.2, 0) is 4.79 Å². The van der Waals surface area contributed by atoms with Crippen LogP contribution in [-0.4, -0.2) is 34.4 Å². The molecule has 1 aliphatic heterocycles. The van der Waals surface area contributed by atoms with Gasteiger partial charge in [-0.05, 0) is 49.6 Å². The van der Waals surface area contributed by atoms with Gasteiger partial charge in [0.2, 0.25) is 0 Å². The van der Waals surface area contributed by atoms with E-state index in [9.17, 15) is 9.59 Å². The first kappa shape index (κ1) is 17.7. The van der Waals surface area contributed by atoms with Gasteiger partial charge in [-0.1, -0.05) is 18.6 Å². The number of imidazole rings is 1. The Bertz CT molecular complexity index is 1060. The summed E-state index contributed by atoms with van der Waals surface area (Å²) in [6.07, 6.45) is 3.92. The van der Waals surface area contributed by atoms with Crippen molar-refractivity contribution >= 4 is 28.5 Å². The van der Waals surface area contributed by atoms with Crippen molar-refractivity contribution in [3.63, 3.8) is 0 Å². The van der Waals surface area contributed by atoms with Gasteiger partial charge in [0.25, 0.3) is 11.8 Å². The Balaban J connectivity index is 1.28. The Morgan fingerprint density at radius 3 is 2.97 bits per heavy atom. The number of anilines is 1. The number of carbonyl (C=O) groups is 2. The standard InChI is InChI=1S/C22H22N4O3/c27-20-12-29-19-9-8-14(11-18(19)24-20)22(28)23-15-5-3-4-13(10-15)21-25-16-6-1-2-7-17(16)26-21/h1-2,6-9,11,13,15H,3-5,10,12H2,(H,23,28)(H,24,27)(H,25,26). The zero-order chi connectivity index (χ0) is 19.8. The molecule has 1 aliphatic carbocycles. The quantitative estimate of drug-likeness (QED) is 0.639. The van der Waals surface area contributed by atoms with Gasteiger partial charge in [-0.3, -0.25) is 9.59 Å². The highest BCUT2D eigenvalue weighted by molar-refractivity contribution is 5.99. The second-order valence-electron chi connectivity index (χ2n) is 7.72. The molecule has 1 fully saturated rings. The molecule has 1 saturated carbocycles. The van der Waals surface area contributed by atoms with E-state index < -0.39 is 0 Å². The lowest BCUT2D eigenvalue weighted by Crippen LogP contribution is -2.38. The fraction of sp³-hybridized carbons (Fsp3) is 0.318. The van der Waals surface area contributed by atoms with Crippen molar-refractivity contribution < 1.29 is 14.3 Å². The summed E-state index contributed by atoms with van der Waals surface area (Å²) in [4.78, 5) is 32.5. The van der Waals surface area contributed by atoms with Gasteiger partial charge in [0.15, 0.2) is 6.61 Å². The van der Waals surface area contributed by atoms with Crippen LogP contribution in [0.3, 0.4) is 0 Å². The highest BCUT2D eigenvalue weighted by atomic mass is 16.5. The maximum atomic E-state index is 12.8. The number of fused-ring (bicyclic) bond motifs is 2. The van der Waals surface area contributed by atoms with Crippen molar-refractivity contribution in [2.75, 3.05) is 11.9 Å². The number of H-pyrrole nitrogens is 1. The molecule has 0 saturated heterocycles. The summed E-state index contributed by atoms with van der Waals surface area (Å²) in [7, 11) is 0. The van der Waals surface area contributed by atoms with E-state index in [2.05, 4.69) is 15.6 Å². The molecule has 2 aromatic carbocycles. The van der Waals surface area contributed by atoms with Crippen molar-refractivity contribution in [2.45, 2.75) is 37.6 Å². The molecule has 2 atom stereocenters. The minimum atomic E-state index is -0.212. The Hall–Kier alpha value is -3.35. The number of carbonyl (C=O) groups excluding carboxylic acids is 2. The van der Waals surface area contributed by atoms with Crippen molar-refractivity contribution in [1.82, 2.24) is 15.3 Å². The molecule has 5 rings (SSSR count). The number of amides is 2. The molecule has 0 spiro atoms. The Morgan fingerprint density at radius 1 is 1.17 bits per heavy atom. The number of rotatable bonds is 3. The van der Waals surface area contributed by atoms with Crippen LogP contribution in [0.4, 0.5) is 5.69 Å². The Morgan fingerprint density at radius 2 is 2.07 bits per heavy atom. The topological polar surface area (TPSA) is 96.1 Å². The number of aromatic nitrogens is 2. The maximum Gasteiger partial charge on any atom is 0.262 e. The van der Waals surface area contributed by atoms with Crippen LogP contribution in [0, 0.1) is 0 Å². The zero-order valence-corrected chi connectivity index (χ0v) is 15.9. The van der Waals surface area contributed by atoms with Crippen molar-refractivity contribution in [3.8, 4) is 5.75 Å². The van der Waals surface area contributed by atoms with E-state index in [1.807, 2.05) is 24.3 Å². The molecule has 3 N–H and O–H groups in total. The minimum Gasteiger partial charge on any atom is -0.482 e. The van der Waals surface area contributed by atoms with Gasteiger partial charge in [0.1, 0.15) is 11.6 Å². The third-order valence-corrected chi connectivity index (χ3v) is 5.68. The number of para-hydroxylation sites is 2. The number of benzene rings is 2. The Kier molecular flexibility index (Phi) is 4.42. The summed E-state index contributed by atoms with van der Waals surface area (Å²) < 4.78 is 5.35. The molecule has 148 valence electrons. The van der Waals surface area contributed by atoms with Gasteiger partial charge in [0, 0.05) is 17.5 Å². The van der Waals surface area contributed by atoms with Crippen LogP contribution >= 0.6 is 0 Å². The molecule has 2 heterocycles. The first-order valence-corrected chi connectivity index (χ1v) is 9.98. The summed E-state index contributed by atoms with van der Waals surface area (Å²) in [5, 5.41) is 5.90. The van der Waals surface area contributed by atoms with Gasteiger partial charge >= 0.3 is 0 Å². The summed E-state index contributed by atoms with van der Waals surface area (Å²) >= 11 is 0. The smallest absolute Gasteiger partial charge is 0.262 e. The maximum absolute atomic E-state index is 12.8. The van der Waals surface area contributed by atoms with E-state index in [-0.39, 0.29) is 24.5 Å². The molecule has 0 bridgehead atoms. The molecular weight excluding hydrogens is 368 g/mol. The number of aromatic amines is 1. The molecule has 2 unspecified atom stereocenters. The molecule has 0 radical (unpaired) electrons. The lowest BCUT2D eigenvalue weighted by atomic mass is 9.85. The van der Waals surface area contributed by atoms with E-state index in [1.165, 1.54) is 0 Å². The predicted molar refractivity (Wildman–Crippen MR) is 109 cm³/mol. The first-order valence-electron chi connectivity index (χ1n) is 9.98. The van der Waals surface area contributed by atoms with Crippen LogP contribution in [0.5, 0.6) is 5.75 Å². The summed E-state index contributed by atoms with van der Waals surface area (Å²) in [5.41, 5.74) is 3.08. The van der Waals surface area contributed by atoms with E-state index >= 15 is 0 Å². The van der Waals surface area contributed by atoms with Crippen LogP contribution in [0.2, 0.25) is 0 Å². The van der Waals surface area contributed by atoms with Gasteiger partial charge in [-0.15, -0.1) is 0 Å². The van der Waals surface area contributed by atoms with E-state index in [0.717, 1.165) is 42.5 Å². The van der Waals surface area contributed by atoms with Crippen molar-refractivity contribution in [1.29, 1.82) is 0 Å². The molecule has 3 aromatic rings. The second-order valence-corrected chi connectivity index (χ2v) is 7.72. The molecule has 2 aliphatic rings. The molecule has 1 aromatic heterocycles. The molecule has 2 amide bonds. The van der Waals surface area contributed by atoms with Gasteiger partial charge in [0.05, 0.1) is 16.7 Å². The van der Waals surface area contributed by atoms with E-state index in [0.29, 0.717) is 22.9 Å². The third-order valence-electron chi connectivity index (χ3n) is 5.68. The zero-order valence-electron chi connectivity index (χ0n) is 15.9. The molecule has 7 nitrogen and oxygen atoms in total. The fourth-order valence-electron chi connectivity index (χ4n) is 4.23. The van der Waals surface area contributed by atoms with Crippen molar-refractivity contribution in [3.05, 3.63) is 53.9 Å². The van der Waals surface area contributed by atoms with Crippen LogP contribution in [0.25, 0.3) is 11.0 Å². The lowest BCUT2D eigenvalue weighted by Gasteiger charge is -2.29. The average Bonchev–Trinajstić information content (AvgIpc) is 3.18. The van der Waals surface area contributed by atoms with Gasteiger partial charge in [-0.25, -0.2) is 4.98 Å². The first-order chi connectivity index (χ1) is 14.2. The van der Waals surface area contributed by atoms with Gasteiger partial charge < -0.3 is 20.4 Å². The molecule has 29 heavy (non-hydrogen) atoms. The van der Waals surface area contributed by atoms with Crippen LogP contribution in [0.15, 0.2) is 42.5 Å². The average molecular weight is 390 g/mol. The third kappa shape index (κ3) is 3.55. The fourth-order valence-corrected chi connectivity index (χ4v) is 4.23. The highest BCUT2D eigenvalue weighted by Gasteiger charge is 2.27. The van der Waals surface area contributed by atoms with Crippen LogP contribution < -0.4 is 15.4 Å². The number of nitrogens with zero attached hydrogens (tertiary/aromatic N) is 1. The summed E-state index contributed by atoms with van der Waals surface area (Å²) in [6.45, 7) is 0.00377. The number of ether oxygens (including phenoxy) is 1. The van der Waals surface area contributed by atoms with E-state index in [1.54, 1.807) is 18.2 Å². The summed E-state index contributed by atoms with van der Waals surface area (Å²) in [6, 6.07) is 13.2. The van der Waals surface area contributed by atoms with Crippen molar-refractivity contribution in [2.24, 2.45) is 0 Å². The normalized spacial score (nSPS) is 21.2. The monoisotopic (exact) mass is 390 g/mol. The molecular formula is C22H22N4O3. The molecule has 7 heteroatoms. The highest BCUT2D eigenvalue weighted by Crippen LogP contribution is 2.33. The minimum absolute atomic E-state index is 0.00377. The number of hydrogen-bond donors (Lipinski definition) is 3. The largest absolute Gasteiger partial charge is 0.482 e. The lowest BCUT2D eigenvalue weighted by molar-refractivity contribution is -0.118. The second kappa shape index (κ2) is 7.24. The van der Waals surface area contributed by atoms with E-state index in [4.69, 9.17) is 9.72 Å². The van der Waals surface area contributed by atoms with Gasteiger partial charge in [-0.2, -0.15) is 0 Å². The summed E-state index contributed by atoms with van der Waals surface area (Å²) in [5.74, 6) is 1.54. The number of nitrogens with one attached hydrogen (secondary N) is 3. The number of hydrogen-bond acceptors (Lipinski definition) is 4. The Labute approximate surface area is 167 Å². The predicted octanol–water partition coefficient (Wildman–Crippen LogP) is 3.35. The SMILES string of the molecule is O=C1COc2ccc(C(=O)NC3CCCC(c4nc5ccccc5[nH]4)C3)cc2N1. The van der Waals surface area contributed by atoms with Crippen LogP contribution in [0.1, 0.15) is 47.8 Å².